The number of halogens is 2. The van der Waals surface area contributed by atoms with E-state index in [-0.39, 0.29) is 18.0 Å². The third kappa shape index (κ3) is 3.15. The summed E-state index contributed by atoms with van der Waals surface area (Å²) in [6.45, 7) is 0. The number of carbonyl (C=O) groups is 1. The fraction of sp³-hybridized carbons (Fsp3) is 0.304. The molecule has 0 radical (unpaired) electrons. The predicted molar refractivity (Wildman–Crippen MR) is 115 cm³/mol. The van der Waals surface area contributed by atoms with E-state index in [0.29, 0.717) is 15.7 Å². The number of rotatable bonds is 3. The van der Waals surface area contributed by atoms with Gasteiger partial charge in [-0.3, -0.25) is 9.89 Å². The van der Waals surface area contributed by atoms with Crippen molar-refractivity contribution in [3.05, 3.63) is 75.4 Å². The van der Waals surface area contributed by atoms with Gasteiger partial charge in [-0.15, -0.1) is 0 Å². The lowest BCUT2D eigenvalue weighted by molar-refractivity contribution is 0.0606. The van der Waals surface area contributed by atoms with Crippen LogP contribution in [0.3, 0.4) is 0 Å². The van der Waals surface area contributed by atoms with E-state index in [1.807, 2.05) is 53.4 Å². The molecule has 0 spiro atoms. The first-order chi connectivity index (χ1) is 14.1. The topological polar surface area (TPSA) is 49.0 Å². The highest BCUT2D eigenvalue weighted by Crippen LogP contribution is 2.47. The largest absolute Gasteiger partial charge is 0.323 e. The molecule has 0 saturated heterocycles. The molecular weight excluding hydrogens is 405 g/mol. The Hall–Kier alpha value is -2.30. The van der Waals surface area contributed by atoms with Crippen molar-refractivity contribution in [2.75, 3.05) is 0 Å². The SMILES string of the molecule is O=C1c2[nH]nc(-c3ccc(Cl)cc3)c2C(c2ccccc2Cl)N1C1CCCCC1. The van der Waals surface area contributed by atoms with Crippen LogP contribution in [0.5, 0.6) is 0 Å². The summed E-state index contributed by atoms with van der Waals surface area (Å²) in [5.74, 6) is 0.0181. The van der Waals surface area contributed by atoms with Gasteiger partial charge in [-0.25, -0.2) is 0 Å². The third-order valence-electron chi connectivity index (χ3n) is 6.09. The molecule has 1 N–H and O–H groups in total. The van der Waals surface area contributed by atoms with Crippen molar-refractivity contribution in [3.63, 3.8) is 0 Å². The van der Waals surface area contributed by atoms with Crippen LogP contribution in [-0.2, 0) is 0 Å². The van der Waals surface area contributed by atoms with E-state index in [2.05, 4.69) is 10.2 Å². The molecular formula is C23H21Cl2N3O. The van der Waals surface area contributed by atoms with Crippen LogP contribution in [0.2, 0.25) is 10.0 Å². The van der Waals surface area contributed by atoms with E-state index in [9.17, 15) is 4.79 Å². The van der Waals surface area contributed by atoms with Crippen LogP contribution >= 0.6 is 23.2 Å². The maximum atomic E-state index is 13.5. The van der Waals surface area contributed by atoms with Gasteiger partial charge in [-0.1, -0.05) is 72.8 Å². The Morgan fingerprint density at radius 1 is 0.966 bits per heavy atom. The quantitative estimate of drug-likeness (QED) is 0.537. The summed E-state index contributed by atoms with van der Waals surface area (Å²) in [7, 11) is 0. The summed E-state index contributed by atoms with van der Waals surface area (Å²) in [6.07, 6.45) is 5.60. The fourth-order valence-corrected chi connectivity index (χ4v) is 5.10. The molecule has 29 heavy (non-hydrogen) atoms. The summed E-state index contributed by atoms with van der Waals surface area (Å²) >= 11 is 12.7. The molecule has 1 aromatic heterocycles. The smallest absolute Gasteiger partial charge is 0.273 e. The van der Waals surface area contributed by atoms with Crippen molar-refractivity contribution >= 4 is 29.1 Å². The van der Waals surface area contributed by atoms with Crippen molar-refractivity contribution in [1.82, 2.24) is 15.1 Å². The minimum absolute atomic E-state index is 0.0181. The number of carbonyl (C=O) groups excluding carboxylic acids is 1. The monoisotopic (exact) mass is 425 g/mol. The molecule has 6 heteroatoms. The Morgan fingerprint density at radius 3 is 2.41 bits per heavy atom. The van der Waals surface area contributed by atoms with Gasteiger partial charge >= 0.3 is 0 Å². The van der Waals surface area contributed by atoms with Gasteiger partial charge in [-0.05, 0) is 36.6 Å². The molecule has 1 saturated carbocycles. The number of amides is 1. The first-order valence-electron chi connectivity index (χ1n) is 10.1. The average molecular weight is 426 g/mol. The Labute approximate surface area is 179 Å². The molecule has 1 aliphatic carbocycles. The van der Waals surface area contributed by atoms with Gasteiger partial charge in [-0.2, -0.15) is 5.10 Å². The molecule has 0 bridgehead atoms. The number of nitrogens with one attached hydrogen (secondary N) is 1. The van der Waals surface area contributed by atoms with E-state index in [4.69, 9.17) is 23.2 Å². The maximum absolute atomic E-state index is 13.5. The minimum atomic E-state index is -0.237. The highest BCUT2D eigenvalue weighted by Gasteiger charge is 2.45. The lowest BCUT2D eigenvalue weighted by Crippen LogP contribution is -2.40. The number of H-pyrrole nitrogens is 1. The number of hydrogen-bond donors (Lipinski definition) is 1. The summed E-state index contributed by atoms with van der Waals surface area (Å²) in [6, 6.07) is 15.4. The maximum Gasteiger partial charge on any atom is 0.273 e. The lowest BCUT2D eigenvalue weighted by Gasteiger charge is -2.36. The van der Waals surface area contributed by atoms with E-state index < -0.39 is 0 Å². The van der Waals surface area contributed by atoms with Crippen molar-refractivity contribution < 1.29 is 4.79 Å². The number of aromatic nitrogens is 2. The second kappa shape index (κ2) is 7.51. The summed E-state index contributed by atoms with van der Waals surface area (Å²) in [5, 5.41) is 8.87. The van der Waals surface area contributed by atoms with E-state index in [0.717, 1.165) is 48.1 Å². The first kappa shape index (κ1) is 18.7. The number of aromatic amines is 1. The molecule has 1 fully saturated rings. The zero-order valence-corrected chi connectivity index (χ0v) is 17.4. The molecule has 3 aromatic rings. The lowest BCUT2D eigenvalue weighted by atomic mass is 9.91. The normalized spacial score (nSPS) is 19.6. The van der Waals surface area contributed by atoms with Crippen LogP contribution < -0.4 is 0 Å². The summed E-state index contributed by atoms with van der Waals surface area (Å²) in [5.41, 5.74) is 4.15. The molecule has 1 atom stereocenters. The predicted octanol–water partition coefficient (Wildman–Crippen LogP) is 6.26. The molecule has 1 unspecified atom stereocenters. The second-order valence-electron chi connectivity index (χ2n) is 7.80. The standard InChI is InChI=1S/C23H21Cl2N3O/c24-15-12-10-14(11-13-15)20-19-21(27-26-20)23(29)28(16-6-2-1-3-7-16)22(19)17-8-4-5-9-18(17)25/h4-5,8-13,16,22H,1-3,6-7H2,(H,26,27). The van der Waals surface area contributed by atoms with Crippen molar-refractivity contribution in [2.45, 2.75) is 44.2 Å². The van der Waals surface area contributed by atoms with Crippen molar-refractivity contribution in [1.29, 1.82) is 0 Å². The van der Waals surface area contributed by atoms with Crippen LogP contribution in [0.1, 0.15) is 59.8 Å². The van der Waals surface area contributed by atoms with Crippen LogP contribution in [0.25, 0.3) is 11.3 Å². The highest BCUT2D eigenvalue weighted by atomic mass is 35.5. The van der Waals surface area contributed by atoms with Gasteiger partial charge in [0.2, 0.25) is 0 Å². The van der Waals surface area contributed by atoms with Crippen molar-refractivity contribution in [2.24, 2.45) is 0 Å². The Balaban J connectivity index is 1.68. The molecule has 5 rings (SSSR count). The Morgan fingerprint density at radius 2 is 1.69 bits per heavy atom. The first-order valence-corrected chi connectivity index (χ1v) is 10.8. The molecule has 2 heterocycles. The van der Waals surface area contributed by atoms with Gasteiger partial charge in [0.05, 0.1) is 11.7 Å². The molecule has 148 valence electrons. The number of hydrogen-bond acceptors (Lipinski definition) is 2. The summed E-state index contributed by atoms with van der Waals surface area (Å²) in [4.78, 5) is 15.5. The fourth-order valence-electron chi connectivity index (χ4n) is 4.73. The molecule has 4 nitrogen and oxygen atoms in total. The van der Waals surface area contributed by atoms with Gasteiger partial charge in [0.1, 0.15) is 5.69 Å². The van der Waals surface area contributed by atoms with Crippen LogP contribution in [-0.4, -0.2) is 27.0 Å². The van der Waals surface area contributed by atoms with Gasteiger partial charge in [0, 0.05) is 27.2 Å². The van der Waals surface area contributed by atoms with Crippen LogP contribution in [0.4, 0.5) is 0 Å². The molecule has 1 amide bonds. The second-order valence-corrected chi connectivity index (χ2v) is 8.64. The summed E-state index contributed by atoms with van der Waals surface area (Å²) < 4.78 is 0. The number of nitrogens with zero attached hydrogens (tertiary/aromatic N) is 2. The number of benzene rings is 2. The molecule has 1 aliphatic heterocycles. The van der Waals surface area contributed by atoms with Gasteiger partial charge in [0.25, 0.3) is 5.91 Å². The zero-order chi connectivity index (χ0) is 20.0. The van der Waals surface area contributed by atoms with Crippen LogP contribution in [0.15, 0.2) is 48.5 Å². The van der Waals surface area contributed by atoms with E-state index in [1.54, 1.807) is 0 Å². The van der Waals surface area contributed by atoms with Crippen molar-refractivity contribution in [3.8, 4) is 11.3 Å². The van der Waals surface area contributed by atoms with E-state index >= 15 is 0 Å². The molecule has 2 aliphatic rings. The highest BCUT2D eigenvalue weighted by molar-refractivity contribution is 6.31. The van der Waals surface area contributed by atoms with Gasteiger partial charge < -0.3 is 4.90 Å². The Bertz CT molecular complexity index is 1050. The molecule has 2 aromatic carbocycles. The van der Waals surface area contributed by atoms with Crippen LogP contribution in [0, 0.1) is 0 Å². The van der Waals surface area contributed by atoms with E-state index in [1.165, 1.54) is 6.42 Å². The minimum Gasteiger partial charge on any atom is -0.323 e. The average Bonchev–Trinajstić information content (AvgIpc) is 3.29. The third-order valence-corrected chi connectivity index (χ3v) is 6.69. The number of fused-ring (bicyclic) bond motifs is 1. The zero-order valence-electron chi connectivity index (χ0n) is 15.9. The Kier molecular flexibility index (Phi) is 4.84. The van der Waals surface area contributed by atoms with Gasteiger partial charge in [0.15, 0.2) is 0 Å².